The van der Waals surface area contributed by atoms with E-state index in [9.17, 15) is 29.5 Å². The van der Waals surface area contributed by atoms with Gasteiger partial charge in [-0.15, -0.1) is 0 Å². The van der Waals surface area contributed by atoms with Crippen molar-refractivity contribution in [3.8, 4) is 5.75 Å². The van der Waals surface area contributed by atoms with Crippen LogP contribution in [0, 0.1) is 17.8 Å². The van der Waals surface area contributed by atoms with Gasteiger partial charge < -0.3 is 5.11 Å². The minimum Gasteiger partial charge on any atom is -0.508 e. The van der Waals surface area contributed by atoms with Gasteiger partial charge in [0.2, 0.25) is 0 Å². The minimum atomic E-state index is -0.818. The number of Topliss-reactive ketones (excluding diaryl/α,β-unsaturated/α-hetero) is 1. The SMILES string of the molecule is CC1=CC(=O)C2=C(C1=O)C(c1c(O)ccc3ccccc13)C1=CCC3C(=O)N(O)C(=O)C3C1C2. The number of rotatable bonds is 1. The zero-order chi connectivity index (χ0) is 23.9. The highest BCUT2D eigenvalue weighted by molar-refractivity contribution is 6.24. The number of allylic oxidation sites excluding steroid dienone is 6. The standard InChI is InChI=1S/C27H21NO6/c1-12-10-20(30)18-11-17-15(7-8-16-21(17)27(33)28(34)26(16)32)23(24(18)25(12)31)22-14-5-3-2-4-13(14)6-9-19(22)29/h2-7,9-10,16-17,21,23,29,34H,8,11H2,1H3. The largest absolute Gasteiger partial charge is 0.508 e. The third kappa shape index (κ3) is 2.61. The van der Waals surface area contributed by atoms with Crippen molar-refractivity contribution >= 4 is 34.2 Å². The van der Waals surface area contributed by atoms with E-state index < -0.39 is 35.5 Å². The van der Waals surface area contributed by atoms with E-state index in [1.54, 1.807) is 19.1 Å². The maximum absolute atomic E-state index is 13.5. The van der Waals surface area contributed by atoms with Crippen molar-refractivity contribution in [2.45, 2.75) is 25.7 Å². The van der Waals surface area contributed by atoms with Crippen LogP contribution >= 0.6 is 0 Å². The number of carbonyl (C=O) groups is 4. The predicted octanol–water partition coefficient (Wildman–Crippen LogP) is 3.36. The number of phenolic OH excluding ortho intramolecular Hbond substituents is 1. The Bertz CT molecular complexity index is 1440. The summed E-state index contributed by atoms with van der Waals surface area (Å²) in [6.07, 6.45) is 3.54. The number of phenols is 1. The van der Waals surface area contributed by atoms with Gasteiger partial charge in [-0.25, -0.2) is 0 Å². The molecule has 7 nitrogen and oxygen atoms in total. The molecule has 6 rings (SSSR count). The summed E-state index contributed by atoms with van der Waals surface area (Å²) in [7, 11) is 0. The van der Waals surface area contributed by atoms with E-state index in [-0.39, 0.29) is 35.2 Å². The van der Waals surface area contributed by atoms with Crippen molar-refractivity contribution in [2.24, 2.45) is 17.8 Å². The molecule has 7 heteroatoms. The van der Waals surface area contributed by atoms with Gasteiger partial charge in [-0.05, 0) is 48.6 Å². The van der Waals surface area contributed by atoms with E-state index in [0.29, 0.717) is 22.3 Å². The summed E-state index contributed by atoms with van der Waals surface area (Å²) in [5.41, 5.74) is 2.21. The van der Waals surface area contributed by atoms with Crippen molar-refractivity contribution in [1.82, 2.24) is 5.06 Å². The summed E-state index contributed by atoms with van der Waals surface area (Å²) in [6, 6.07) is 10.8. The summed E-state index contributed by atoms with van der Waals surface area (Å²) in [4.78, 5) is 51.9. The summed E-state index contributed by atoms with van der Waals surface area (Å²) in [5.74, 6) is -4.70. The van der Waals surface area contributed by atoms with E-state index in [0.717, 1.165) is 16.3 Å². The first-order chi connectivity index (χ1) is 16.3. The van der Waals surface area contributed by atoms with Crippen molar-refractivity contribution < 1.29 is 29.5 Å². The smallest absolute Gasteiger partial charge is 0.257 e. The van der Waals surface area contributed by atoms with E-state index in [1.165, 1.54) is 6.08 Å². The number of carbonyl (C=O) groups excluding carboxylic acids is 4. The molecule has 1 heterocycles. The van der Waals surface area contributed by atoms with Crippen LogP contribution in [0.5, 0.6) is 5.75 Å². The summed E-state index contributed by atoms with van der Waals surface area (Å²) in [6.45, 7) is 1.60. The molecule has 1 fully saturated rings. The highest BCUT2D eigenvalue weighted by Crippen LogP contribution is 2.56. The van der Waals surface area contributed by atoms with E-state index in [4.69, 9.17) is 0 Å². The molecule has 0 bridgehead atoms. The Morgan fingerprint density at radius 3 is 2.53 bits per heavy atom. The maximum Gasteiger partial charge on any atom is 0.257 e. The Balaban J connectivity index is 1.64. The predicted molar refractivity (Wildman–Crippen MR) is 121 cm³/mol. The Morgan fingerprint density at radius 1 is 0.971 bits per heavy atom. The molecule has 4 unspecified atom stereocenters. The lowest BCUT2D eigenvalue weighted by atomic mass is 9.59. The molecule has 2 N–H and O–H groups in total. The lowest BCUT2D eigenvalue weighted by molar-refractivity contribution is -0.173. The van der Waals surface area contributed by atoms with Gasteiger partial charge in [-0.2, -0.15) is 5.06 Å². The Labute approximate surface area is 194 Å². The van der Waals surface area contributed by atoms with Crippen molar-refractivity contribution in [3.63, 3.8) is 0 Å². The molecule has 2 aromatic rings. The fraction of sp³-hybridized carbons (Fsp3) is 0.259. The lowest BCUT2D eigenvalue weighted by Crippen LogP contribution is -2.39. The van der Waals surface area contributed by atoms with Gasteiger partial charge in [0.05, 0.1) is 11.8 Å². The molecule has 0 saturated carbocycles. The lowest BCUT2D eigenvalue weighted by Gasteiger charge is -2.42. The number of imide groups is 1. The van der Waals surface area contributed by atoms with E-state index in [1.807, 2.05) is 30.3 Å². The average Bonchev–Trinajstić information content (AvgIpc) is 3.05. The molecule has 2 aromatic carbocycles. The second kappa shape index (κ2) is 7.08. The Hall–Kier alpha value is -3.84. The van der Waals surface area contributed by atoms with Crippen LogP contribution in [0.15, 0.2) is 70.8 Å². The van der Waals surface area contributed by atoms with Gasteiger partial charge in [0.25, 0.3) is 11.8 Å². The average molecular weight is 455 g/mol. The van der Waals surface area contributed by atoms with Crippen LogP contribution in [0.3, 0.4) is 0 Å². The topological polar surface area (TPSA) is 112 Å². The third-order valence-corrected chi connectivity index (χ3v) is 7.78. The highest BCUT2D eigenvalue weighted by atomic mass is 16.5. The second-order valence-electron chi connectivity index (χ2n) is 9.44. The zero-order valence-corrected chi connectivity index (χ0v) is 18.3. The number of hydrogen-bond acceptors (Lipinski definition) is 6. The Kier molecular flexibility index (Phi) is 4.32. The molecular weight excluding hydrogens is 434 g/mol. The molecule has 0 aromatic heterocycles. The normalized spacial score (nSPS) is 28.6. The van der Waals surface area contributed by atoms with Crippen molar-refractivity contribution in [3.05, 3.63) is 76.4 Å². The van der Waals surface area contributed by atoms with Crippen LogP contribution in [-0.4, -0.2) is 38.8 Å². The first kappa shape index (κ1) is 20.7. The maximum atomic E-state index is 13.5. The van der Waals surface area contributed by atoms with Crippen LogP contribution in [0.1, 0.15) is 31.2 Å². The summed E-state index contributed by atoms with van der Waals surface area (Å²) < 4.78 is 0. The number of benzene rings is 2. The van der Waals surface area contributed by atoms with Gasteiger partial charge >= 0.3 is 0 Å². The molecule has 1 saturated heterocycles. The molecular formula is C27H21NO6. The quantitative estimate of drug-likeness (QED) is 0.295. The molecule has 170 valence electrons. The van der Waals surface area contributed by atoms with Gasteiger partial charge in [0, 0.05) is 28.2 Å². The van der Waals surface area contributed by atoms with Crippen molar-refractivity contribution in [2.75, 3.05) is 0 Å². The van der Waals surface area contributed by atoms with Gasteiger partial charge in [0.15, 0.2) is 11.6 Å². The number of amides is 2. The van der Waals surface area contributed by atoms with E-state index in [2.05, 4.69) is 0 Å². The second-order valence-corrected chi connectivity index (χ2v) is 9.44. The zero-order valence-electron chi connectivity index (χ0n) is 18.3. The fourth-order valence-corrected chi connectivity index (χ4v) is 6.26. The number of nitrogens with zero attached hydrogens (tertiary/aromatic N) is 1. The number of ketones is 2. The number of hydrogen-bond donors (Lipinski definition) is 2. The molecule has 4 atom stereocenters. The van der Waals surface area contributed by atoms with Gasteiger partial charge in [0.1, 0.15) is 5.75 Å². The number of aromatic hydroxyl groups is 1. The fourth-order valence-electron chi connectivity index (χ4n) is 6.26. The molecule has 2 amide bonds. The van der Waals surface area contributed by atoms with Gasteiger partial charge in [-0.3, -0.25) is 24.4 Å². The molecule has 3 aliphatic carbocycles. The molecule has 34 heavy (non-hydrogen) atoms. The molecule has 4 aliphatic rings. The molecule has 0 radical (unpaired) electrons. The van der Waals surface area contributed by atoms with Crippen LogP contribution in [0.25, 0.3) is 10.8 Å². The molecule has 1 aliphatic heterocycles. The van der Waals surface area contributed by atoms with Crippen LogP contribution in [0.4, 0.5) is 0 Å². The molecule has 0 spiro atoms. The van der Waals surface area contributed by atoms with Crippen LogP contribution in [0.2, 0.25) is 0 Å². The highest BCUT2D eigenvalue weighted by Gasteiger charge is 2.56. The minimum absolute atomic E-state index is 0.00992. The van der Waals surface area contributed by atoms with Crippen LogP contribution < -0.4 is 0 Å². The van der Waals surface area contributed by atoms with Crippen LogP contribution in [-0.2, 0) is 19.2 Å². The Morgan fingerprint density at radius 2 is 1.74 bits per heavy atom. The monoisotopic (exact) mass is 455 g/mol. The third-order valence-electron chi connectivity index (χ3n) is 7.78. The first-order valence-electron chi connectivity index (χ1n) is 11.3. The number of fused-ring (bicyclic) bond motifs is 4. The summed E-state index contributed by atoms with van der Waals surface area (Å²) >= 11 is 0. The first-order valence-corrected chi connectivity index (χ1v) is 11.3. The van der Waals surface area contributed by atoms with Gasteiger partial charge in [-0.1, -0.05) is 42.0 Å². The van der Waals surface area contributed by atoms with E-state index >= 15 is 0 Å². The summed E-state index contributed by atoms with van der Waals surface area (Å²) in [5, 5.41) is 22.9. The van der Waals surface area contributed by atoms with Crippen molar-refractivity contribution in [1.29, 1.82) is 0 Å². The number of hydroxylamine groups is 2.